The molecule has 2 aromatic rings. The van der Waals surface area contributed by atoms with Crippen LogP contribution in [0.15, 0.2) is 42.7 Å². The lowest BCUT2D eigenvalue weighted by atomic mass is 10.0. The first kappa shape index (κ1) is 18.9. The topological polar surface area (TPSA) is 108 Å². The molecule has 0 saturated carbocycles. The van der Waals surface area contributed by atoms with Crippen LogP contribution in [-0.4, -0.2) is 51.7 Å². The van der Waals surface area contributed by atoms with E-state index in [1.165, 1.54) is 10.9 Å². The predicted octanol–water partition coefficient (Wildman–Crippen LogP) is 1.10. The van der Waals surface area contributed by atoms with Gasteiger partial charge in [0.15, 0.2) is 0 Å². The van der Waals surface area contributed by atoms with Crippen molar-refractivity contribution in [3.8, 4) is 0 Å². The Labute approximate surface area is 160 Å². The summed E-state index contributed by atoms with van der Waals surface area (Å²) in [7, 11) is 0. The van der Waals surface area contributed by atoms with Gasteiger partial charge in [0.05, 0.1) is 23.3 Å². The number of likely N-dealkylation sites (tertiary alicyclic amines) is 1. The van der Waals surface area contributed by atoms with Gasteiger partial charge in [-0.15, -0.1) is 0 Å². The van der Waals surface area contributed by atoms with E-state index >= 15 is 0 Å². The lowest BCUT2D eigenvalue weighted by Crippen LogP contribution is -2.33. The maximum absolute atomic E-state index is 12.5. The molecule has 0 bridgehead atoms. The van der Waals surface area contributed by atoms with E-state index in [0.717, 1.165) is 0 Å². The van der Waals surface area contributed by atoms with Crippen molar-refractivity contribution >= 4 is 29.4 Å². The Bertz CT molecular complexity index is 839. The van der Waals surface area contributed by atoms with Crippen molar-refractivity contribution in [1.29, 1.82) is 0 Å². The monoisotopic (exact) mass is 390 g/mol. The molecule has 27 heavy (non-hydrogen) atoms. The number of aromatic nitrogens is 2. The van der Waals surface area contributed by atoms with Crippen molar-refractivity contribution in [2.45, 2.75) is 19.1 Å². The van der Waals surface area contributed by atoms with Crippen molar-refractivity contribution in [3.63, 3.8) is 0 Å². The number of carbonyl (C=O) groups excluding carboxylic acids is 3. The average Bonchev–Trinajstić information content (AvgIpc) is 3.21. The second kappa shape index (κ2) is 8.22. The van der Waals surface area contributed by atoms with Crippen LogP contribution in [0.4, 0.5) is 0 Å². The van der Waals surface area contributed by atoms with Crippen LogP contribution in [0.5, 0.6) is 0 Å². The molecule has 2 heterocycles. The maximum atomic E-state index is 12.5. The number of ether oxygens (including phenoxy) is 1. The molecule has 9 heteroatoms. The Morgan fingerprint density at radius 1 is 1.22 bits per heavy atom. The molecule has 0 aliphatic carbocycles. The second-order valence-electron chi connectivity index (χ2n) is 6.40. The van der Waals surface area contributed by atoms with Crippen molar-refractivity contribution in [3.05, 3.63) is 53.3 Å². The van der Waals surface area contributed by atoms with Crippen LogP contribution in [0.1, 0.15) is 16.8 Å². The van der Waals surface area contributed by atoms with Crippen LogP contribution >= 0.6 is 11.6 Å². The molecule has 1 saturated heterocycles. The fourth-order valence-corrected chi connectivity index (χ4v) is 3.23. The van der Waals surface area contributed by atoms with Gasteiger partial charge in [0.1, 0.15) is 12.6 Å². The van der Waals surface area contributed by atoms with Gasteiger partial charge >= 0.3 is 5.97 Å². The molecule has 0 spiro atoms. The molecule has 3 rings (SSSR count). The summed E-state index contributed by atoms with van der Waals surface area (Å²) in [5.41, 5.74) is 5.72. The molecule has 2 N–H and O–H groups in total. The minimum atomic E-state index is -0.602. The quantitative estimate of drug-likeness (QED) is 0.743. The normalized spacial score (nSPS) is 19.1. The fraction of sp³-hybridized carbons (Fsp3) is 0.333. The summed E-state index contributed by atoms with van der Waals surface area (Å²) in [4.78, 5) is 37.8. The smallest absolute Gasteiger partial charge is 0.338 e. The summed E-state index contributed by atoms with van der Waals surface area (Å²) in [6.07, 6.45) is 2.42. The van der Waals surface area contributed by atoms with Crippen LogP contribution in [0.25, 0.3) is 0 Å². The van der Waals surface area contributed by atoms with E-state index < -0.39 is 18.0 Å². The van der Waals surface area contributed by atoms with E-state index in [2.05, 4.69) is 5.10 Å². The van der Waals surface area contributed by atoms with Gasteiger partial charge in [-0.25, -0.2) is 4.79 Å². The van der Waals surface area contributed by atoms with Crippen LogP contribution in [-0.2, 0) is 20.9 Å². The average molecular weight is 391 g/mol. The third-order valence-electron chi connectivity index (χ3n) is 4.36. The summed E-state index contributed by atoms with van der Waals surface area (Å²) >= 11 is 5.81. The van der Waals surface area contributed by atoms with Gasteiger partial charge in [-0.1, -0.05) is 29.8 Å². The molecule has 142 valence electrons. The lowest BCUT2D eigenvalue weighted by Gasteiger charge is -2.17. The number of hydrogen-bond donors (Lipinski definition) is 1. The zero-order valence-electron chi connectivity index (χ0n) is 14.5. The van der Waals surface area contributed by atoms with E-state index in [-0.39, 0.29) is 37.9 Å². The Balaban J connectivity index is 1.67. The molecule has 8 nitrogen and oxygen atoms in total. The first-order valence-corrected chi connectivity index (χ1v) is 8.80. The lowest BCUT2D eigenvalue weighted by molar-refractivity contribution is -0.131. The van der Waals surface area contributed by atoms with Gasteiger partial charge in [-0.05, 0) is 12.1 Å². The highest BCUT2D eigenvalue weighted by Gasteiger charge is 2.38. The van der Waals surface area contributed by atoms with Crippen molar-refractivity contribution < 1.29 is 19.1 Å². The summed E-state index contributed by atoms with van der Waals surface area (Å²) in [5, 5.41) is 4.42. The number of benzene rings is 1. The number of amides is 2. The van der Waals surface area contributed by atoms with Crippen molar-refractivity contribution in [2.24, 2.45) is 11.7 Å². The Morgan fingerprint density at radius 3 is 2.59 bits per heavy atom. The number of hydrogen-bond acceptors (Lipinski definition) is 5. The summed E-state index contributed by atoms with van der Waals surface area (Å²) in [6, 6.07) is 8.55. The first-order valence-electron chi connectivity index (χ1n) is 8.42. The zero-order valence-corrected chi connectivity index (χ0v) is 15.2. The number of carbonyl (C=O) groups is 3. The van der Waals surface area contributed by atoms with E-state index in [1.54, 1.807) is 41.4 Å². The predicted molar refractivity (Wildman–Crippen MR) is 96.8 cm³/mol. The van der Waals surface area contributed by atoms with Crippen molar-refractivity contribution in [1.82, 2.24) is 14.7 Å². The fourth-order valence-electron chi connectivity index (χ4n) is 3.08. The van der Waals surface area contributed by atoms with Gasteiger partial charge in [-0.3, -0.25) is 14.3 Å². The highest BCUT2D eigenvalue weighted by Crippen LogP contribution is 2.24. The number of halogens is 1. The standard InChI is InChI=1S/C18H19ClN4O4/c19-14-7-21-23(9-14)11-17(25)22-8-13(6-16(20)24)15(10-22)27-18(26)12-4-2-1-3-5-12/h1-5,7,9,13,15H,6,8,10-11H2,(H2,20,24)/t13-,15+/m0/s1. The Hall–Kier alpha value is -2.87. The zero-order chi connectivity index (χ0) is 19.4. The molecule has 0 radical (unpaired) electrons. The van der Waals surface area contributed by atoms with Crippen LogP contribution in [0.2, 0.25) is 5.02 Å². The number of primary amides is 1. The SMILES string of the molecule is NC(=O)C[C@H]1CN(C(=O)Cn2cc(Cl)cn2)C[C@H]1OC(=O)c1ccccc1. The number of nitrogens with zero attached hydrogens (tertiary/aromatic N) is 3. The molecular weight excluding hydrogens is 372 g/mol. The molecule has 1 aliphatic heterocycles. The summed E-state index contributed by atoms with van der Waals surface area (Å²) < 4.78 is 6.99. The van der Waals surface area contributed by atoms with Crippen molar-refractivity contribution in [2.75, 3.05) is 13.1 Å². The minimum Gasteiger partial charge on any atom is -0.457 e. The van der Waals surface area contributed by atoms with E-state index in [0.29, 0.717) is 10.6 Å². The van der Waals surface area contributed by atoms with Gasteiger partial charge < -0.3 is 15.4 Å². The molecule has 1 aliphatic rings. The highest BCUT2D eigenvalue weighted by atomic mass is 35.5. The van der Waals surface area contributed by atoms with Gasteiger partial charge in [0, 0.05) is 25.1 Å². The van der Waals surface area contributed by atoms with Crippen LogP contribution in [0, 0.1) is 5.92 Å². The van der Waals surface area contributed by atoms with E-state index in [4.69, 9.17) is 22.1 Å². The third-order valence-corrected chi connectivity index (χ3v) is 4.56. The molecule has 0 unspecified atom stereocenters. The van der Waals surface area contributed by atoms with E-state index in [9.17, 15) is 14.4 Å². The number of esters is 1. The van der Waals surface area contributed by atoms with Crippen LogP contribution < -0.4 is 5.73 Å². The Kier molecular flexibility index (Phi) is 5.75. The third kappa shape index (κ3) is 4.85. The number of rotatable bonds is 6. The van der Waals surface area contributed by atoms with E-state index in [1.807, 2.05) is 0 Å². The number of nitrogens with two attached hydrogens (primary N) is 1. The minimum absolute atomic E-state index is 0.00929. The summed E-state index contributed by atoms with van der Waals surface area (Å²) in [6.45, 7) is 0.489. The molecular formula is C18H19ClN4O4. The Morgan fingerprint density at radius 2 is 1.96 bits per heavy atom. The van der Waals surface area contributed by atoms with Gasteiger partial charge in [0.2, 0.25) is 11.8 Å². The summed E-state index contributed by atoms with van der Waals surface area (Å²) in [5.74, 6) is -1.56. The van der Waals surface area contributed by atoms with Crippen LogP contribution in [0.3, 0.4) is 0 Å². The largest absolute Gasteiger partial charge is 0.457 e. The molecule has 1 fully saturated rings. The molecule has 1 aromatic carbocycles. The van der Waals surface area contributed by atoms with Gasteiger partial charge in [0.25, 0.3) is 0 Å². The highest BCUT2D eigenvalue weighted by molar-refractivity contribution is 6.30. The van der Waals surface area contributed by atoms with Gasteiger partial charge in [-0.2, -0.15) is 5.10 Å². The first-order chi connectivity index (χ1) is 12.9. The molecule has 2 atom stereocenters. The molecule has 1 aromatic heterocycles. The second-order valence-corrected chi connectivity index (χ2v) is 6.83. The molecule has 2 amide bonds. The maximum Gasteiger partial charge on any atom is 0.338 e.